The van der Waals surface area contributed by atoms with Gasteiger partial charge in [0.1, 0.15) is 0 Å². The molecule has 4 saturated carbocycles. The van der Waals surface area contributed by atoms with Crippen LogP contribution in [0.3, 0.4) is 0 Å². The smallest absolute Gasteiger partial charge is 0.293 e. The summed E-state index contributed by atoms with van der Waals surface area (Å²) < 4.78 is 0. The lowest BCUT2D eigenvalue weighted by molar-refractivity contribution is -0.146. The number of nitrogens with one attached hydrogen (secondary N) is 1. The highest BCUT2D eigenvalue weighted by Gasteiger charge is 2.54. The summed E-state index contributed by atoms with van der Waals surface area (Å²) >= 11 is 0.969. The Morgan fingerprint density at radius 3 is 2.31 bits per heavy atom. The van der Waals surface area contributed by atoms with Gasteiger partial charge in [-0.15, -0.1) is 0 Å². The highest BCUT2D eigenvalue weighted by Crippen LogP contribution is 2.60. The molecule has 1 saturated heterocycles. The van der Waals surface area contributed by atoms with E-state index < -0.39 is 0 Å². The molecule has 5 fully saturated rings. The molecule has 3 amide bonds. The second-order valence-electron chi connectivity index (χ2n) is 9.20. The fourth-order valence-corrected chi connectivity index (χ4v) is 7.12. The third kappa shape index (κ3) is 3.52. The van der Waals surface area contributed by atoms with Crippen LogP contribution in [0.1, 0.15) is 44.1 Å². The zero-order chi connectivity index (χ0) is 20.0. The number of hydrogen-bond donors (Lipinski definition) is 1. The van der Waals surface area contributed by atoms with Gasteiger partial charge in [-0.25, -0.2) is 0 Å². The van der Waals surface area contributed by atoms with Crippen molar-refractivity contribution in [1.29, 1.82) is 0 Å². The zero-order valence-electron chi connectivity index (χ0n) is 16.4. The van der Waals surface area contributed by atoms with Crippen LogP contribution in [0.15, 0.2) is 35.2 Å². The highest BCUT2D eigenvalue weighted by molar-refractivity contribution is 8.18. The van der Waals surface area contributed by atoms with Gasteiger partial charge in [-0.05, 0) is 79.7 Å². The van der Waals surface area contributed by atoms with E-state index in [4.69, 9.17) is 0 Å². The molecule has 6 heteroatoms. The molecule has 0 radical (unpaired) electrons. The summed E-state index contributed by atoms with van der Waals surface area (Å²) in [4.78, 5) is 39.6. The predicted octanol–water partition coefficient (Wildman–Crippen LogP) is 4.06. The summed E-state index contributed by atoms with van der Waals surface area (Å²) in [6.45, 7) is 0.562. The minimum absolute atomic E-state index is 0.142. The van der Waals surface area contributed by atoms with E-state index in [1.807, 2.05) is 30.3 Å². The van der Waals surface area contributed by atoms with E-state index in [1.54, 1.807) is 6.08 Å². The van der Waals surface area contributed by atoms with Crippen LogP contribution >= 0.6 is 11.8 Å². The first kappa shape index (κ1) is 18.9. The number of carbonyl (C=O) groups is 3. The molecule has 1 heterocycles. The maximum Gasteiger partial charge on any atom is 0.293 e. The monoisotopic (exact) mass is 410 g/mol. The number of imide groups is 1. The molecule has 0 atom stereocenters. The summed E-state index contributed by atoms with van der Waals surface area (Å²) in [5.74, 6) is 2.03. The van der Waals surface area contributed by atoms with Crippen LogP contribution in [0.25, 0.3) is 6.08 Å². The van der Waals surface area contributed by atoms with Gasteiger partial charge in [0.25, 0.3) is 11.1 Å². The quantitative estimate of drug-likeness (QED) is 0.744. The molecular formula is C23H26N2O3S. The highest BCUT2D eigenvalue weighted by atomic mass is 32.2. The van der Waals surface area contributed by atoms with Crippen molar-refractivity contribution in [2.45, 2.75) is 38.5 Å². The van der Waals surface area contributed by atoms with Crippen LogP contribution in [0.4, 0.5) is 4.79 Å². The third-order valence-corrected chi connectivity index (χ3v) is 8.02. The van der Waals surface area contributed by atoms with Crippen molar-refractivity contribution in [1.82, 2.24) is 10.2 Å². The number of hydrogen-bond acceptors (Lipinski definition) is 4. The summed E-state index contributed by atoms with van der Waals surface area (Å²) in [5, 5.41) is 2.80. The first-order chi connectivity index (χ1) is 14.0. The molecule has 5 aliphatic rings. The van der Waals surface area contributed by atoms with Gasteiger partial charge in [0.2, 0.25) is 5.91 Å². The lowest BCUT2D eigenvalue weighted by atomic mass is 9.49. The first-order valence-electron chi connectivity index (χ1n) is 10.6. The number of nitrogens with zero attached hydrogens (tertiary/aromatic N) is 1. The van der Waals surface area contributed by atoms with Crippen molar-refractivity contribution < 1.29 is 14.4 Å². The van der Waals surface area contributed by atoms with Gasteiger partial charge in [0.15, 0.2) is 0 Å². The predicted molar refractivity (Wildman–Crippen MR) is 113 cm³/mol. The number of thioether (sulfide) groups is 1. The standard InChI is InChI=1S/C23H26N2O3S/c26-20-19(11-15-4-2-1-3-5-15)29-22(28)25(20)7-6-24-21(27)23-12-16-8-17(13-23)10-18(9-16)14-23/h1-5,11,16-18H,6-10,12-14H2,(H,24,27)/b19-11+. The minimum Gasteiger partial charge on any atom is -0.354 e. The van der Waals surface area contributed by atoms with Crippen molar-refractivity contribution in [3.8, 4) is 0 Å². The Kier molecular flexibility index (Phi) is 4.77. The molecule has 1 aliphatic heterocycles. The Morgan fingerprint density at radius 1 is 1.07 bits per heavy atom. The van der Waals surface area contributed by atoms with Crippen molar-refractivity contribution in [2.24, 2.45) is 23.2 Å². The molecule has 5 nitrogen and oxygen atoms in total. The molecule has 0 unspecified atom stereocenters. The van der Waals surface area contributed by atoms with Crippen LogP contribution in [0.5, 0.6) is 0 Å². The van der Waals surface area contributed by atoms with Crippen molar-refractivity contribution in [3.05, 3.63) is 40.8 Å². The van der Waals surface area contributed by atoms with Crippen LogP contribution in [0.2, 0.25) is 0 Å². The lowest BCUT2D eigenvalue weighted by Gasteiger charge is -2.55. The molecule has 0 spiro atoms. The summed E-state index contributed by atoms with van der Waals surface area (Å²) in [6, 6.07) is 9.51. The molecule has 1 N–H and O–H groups in total. The number of carbonyl (C=O) groups excluding carboxylic acids is 3. The SMILES string of the molecule is O=C1S/C(=C/c2ccccc2)C(=O)N1CCNC(=O)C12CC3CC(CC(C3)C1)C2. The van der Waals surface area contributed by atoms with Crippen molar-refractivity contribution in [3.63, 3.8) is 0 Å². The van der Waals surface area contributed by atoms with Crippen LogP contribution in [-0.4, -0.2) is 35.0 Å². The zero-order valence-corrected chi connectivity index (χ0v) is 17.2. The molecule has 152 valence electrons. The van der Waals surface area contributed by atoms with Gasteiger partial charge in [0, 0.05) is 18.5 Å². The molecule has 29 heavy (non-hydrogen) atoms. The Balaban J connectivity index is 1.19. The summed E-state index contributed by atoms with van der Waals surface area (Å²) in [6.07, 6.45) is 8.72. The Labute approximate surface area is 175 Å². The molecular weight excluding hydrogens is 384 g/mol. The maximum absolute atomic E-state index is 13.0. The maximum atomic E-state index is 13.0. The van der Waals surface area contributed by atoms with E-state index in [1.165, 1.54) is 24.2 Å². The largest absolute Gasteiger partial charge is 0.354 e. The van der Waals surface area contributed by atoms with E-state index in [0.29, 0.717) is 11.4 Å². The molecule has 4 bridgehead atoms. The van der Waals surface area contributed by atoms with Gasteiger partial charge in [-0.2, -0.15) is 0 Å². The Hall–Kier alpha value is -2.08. The molecule has 1 aromatic rings. The molecule has 1 aromatic carbocycles. The first-order valence-corrected chi connectivity index (χ1v) is 11.4. The molecule has 0 aromatic heterocycles. The van der Waals surface area contributed by atoms with Crippen LogP contribution < -0.4 is 5.32 Å². The summed E-state index contributed by atoms with van der Waals surface area (Å²) in [7, 11) is 0. The summed E-state index contributed by atoms with van der Waals surface area (Å²) in [5.41, 5.74) is 0.703. The topological polar surface area (TPSA) is 66.5 Å². The normalized spacial score (nSPS) is 34.3. The average Bonchev–Trinajstić information content (AvgIpc) is 2.95. The fraction of sp³-hybridized carbons (Fsp3) is 0.522. The number of amides is 3. The number of rotatable bonds is 5. The van der Waals surface area contributed by atoms with Gasteiger partial charge in [0.05, 0.1) is 4.91 Å². The van der Waals surface area contributed by atoms with Crippen LogP contribution in [0, 0.1) is 23.2 Å². The van der Waals surface area contributed by atoms with E-state index in [2.05, 4.69) is 5.32 Å². The van der Waals surface area contributed by atoms with Crippen molar-refractivity contribution in [2.75, 3.05) is 13.1 Å². The molecule has 6 rings (SSSR count). The van der Waals surface area contributed by atoms with E-state index in [0.717, 1.165) is 54.3 Å². The van der Waals surface area contributed by atoms with Crippen LogP contribution in [-0.2, 0) is 9.59 Å². The van der Waals surface area contributed by atoms with Gasteiger partial charge < -0.3 is 5.32 Å². The van der Waals surface area contributed by atoms with E-state index in [9.17, 15) is 14.4 Å². The van der Waals surface area contributed by atoms with E-state index >= 15 is 0 Å². The Morgan fingerprint density at radius 2 is 1.69 bits per heavy atom. The van der Waals surface area contributed by atoms with Crippen molar-refractivity contribution >= 4 is 34.9 Å². The minimum atomic E-state index is -0.270. The van der Waals surface area contributed by atoms with Gasteiger partial charge in [-0.3, -0.25) is 19.3 Å². The van der Waals surface area contributed by atoms with E-state index in [-0.39, 0.29) is 29.0 Å². The third-order valence-electron chi connectivity index (χ3n) is 7.11. The molecule has 4 aliphatic carbocycles. The number of benzene rings is 1. The van der Waals surface area contributed by atoms with Gasteiger partial charge in [-0.1, -0.05) is 30.3 Å². The lowest BCUT2D eigenvalue weighted by Crippen LogP contribution is -2.54. The second kappa shape index (κ2) is 7.31. The average molecular weight is 411 g/mol. The van der Waals surface area contributed by atoms with Gasteiger partial charge >= 0.3 is 0 Å². The fourth-order valence-electron chi connectivity index (χ4n) is 6.25. The Bertz CT molecular complexity index is 844. The second-order valence-corrected chi connectivity index (χ2v) is 10.2.